The fourth-order valence-electron chi connectivity index (χ4n) is 4.80. The van der Waals surface area contributed by atoms with Gasteiger partial charge in [-0.2, -0.15) is 0 Å². The molecule has 1 aliphatic heterocycles. The summed E-state index contributed by atoms with van der Waals surface area (Å²) >= 11 is 0. The minimum atomic E-state index is -0.267. The molecule has 1 aromatic carbocycles. The number of carbonyl (C=O) groups is 1. The molecule has 0 radical (unpaired) electrons. The van der Waals surface area contributed by atoms with E-state index in [9.17, 15) is 4.79 Å². The Balaban J connectivity index is 0.00000243. The van der Waals surface area contributed by atoms with Crippen LogP contribution in [0.25, 0.3) is 0 Å². The first-order valence-corrected chi connectivity index (χ1v) is 10.1. The van der Waals surface area contributed by atoms with Crippen LogP contribution in [-0.2, 0) is 10.2 Å². The van der Waals surface area contributed by atoms with Crippen molar-refractivity contribution in [3.8, 4) is 0 Å². The Morgan fingerprint density at radius 3 is 2.42 bits per heavy atom. The first-order chi connectivity index (χ1) is 12.1. The van der Waals surface area contributed by atoms with Crippen LogP contribution >= 0.6 is 12.4 Å². The molecule has 0 spiro atoms. The lowest BCUT2D eigenvalue weighted by molar-refractivity contribution is -0.139. The van der Waals surface area contributed by atoms with Crippen molar-refractivity contribution in [3.63, 3.8) is 0 Å². The Hall–Kier alpha value is -1.06. The number of benzene rings is 1. The smallest absolute Gasteiger partial charge is 0.233 e. The van der Waals surface area contributed by atoms with E-state index in [1.165, 1.54) is 30.4 Å². The number of halogens is 1. The van der Waals surface area contributed by atoms with E-state index in [2.05, 4.69) is 48.3 Å². The van der Waals surface area contributed by atoms with Gasteiger partial charge in [-0.05, 0) is 62.2 Å². The lowest BCUT2D eigenvalue weighted by atomic mass is 9.76. The van der Waals surface area contributed by atoms with E-state index in [0.29, 0.717) is 17.7 Å². The first kappa shape index (κ1) is 21.2. The number of rotatable bonds is 5. The van der Waals surface area contributed by atoms with Crippen LogP contribution in [-0.4, -0.2) is 37.5 Å². The molecule has 1 unspecified atom stereocenters. The average Bonchev–Trinajstić information content (AvgIpc) is 3.13. The van der Waals surface area contributed by atoms with E-state index in [4.69, 9.17) is 0 Å². The number of hydrogen-bond donors (Lipinski definition) is 1. The molecule has 1 amide bonds. The minimum absolute atomic E-state index is 0. The van der Waals surface area contributed by atoms with Crippen LogP contribution in [0.15, 0.2) is 24.3 Å². The lowest BCUT2D eigenvalue weighted by Gasteiger charge is -2.39. The van der Waals surface area contributed by atoms with Crippen LogP contribution in [0.5, 0.6) is 0 Å². The molecular formula is C22H35ClN2O. The summed E-state index contributed by atoms with van der Waals surface area (Å²) in [6.07, 6.45) is 6.75. The van der Waals surface area contributed by atoms with Crippen LogP contribution in [0.3, 0.4) is 0 Å². The SMILES string of the molecule is CNCC1CCCN(C(=O)C2(c3ccc(C(C)C)cc3)CCCC2)C1.Cl. The second-order valence-corrected chi connectivity index (χ2v) is 8.38. The van der Waals surface area contributed by atoms with Crippen molar-refractivity contribution in [2.45, 2.75) is 63.7 Å². The summed E-state index contributed by atoms with van der Waals surface area (Å²) < 4.78 is 0. The molecule has 0 aromatic heterocycles. The van der Waals surface area contributed by atoms with Crippen molar-refractivity contribution in [2.75, 3.05) is 26.7 Å². The van der Waals surface area contributed by atoms with Gasteiger partial charge in [0.2, 0.25) is 5.91 Å². The normalized spacial score (nSPS) is 22.3. The van der Waals surface area contributed by atoms with Crippen LogP contribution in [0.4, 0.5) is 0 Å². The lowest BCUT2D eigenvalue weighted by Crippen LogP contribution is -2.50. The Labute approximate surface area is 165 Å². The molecule has 1 aliphatic carbocycles. The summed E-state index contributed by atoms with van der Waals surface area (Å²) in [5.41, 5.74) is 2.34. The molecule has 1 aromatic rings. The van der Waals surface area contributed by atoms with Crippen molar-refractivity contribution >= 4 is 18.3 Å². The van der Waals surface area contributed by atoms with Crippen molar-refractivity contribution in [1.82, 2.24) is 10.2 Å². The Morgan fingerprint density at radius 2 is 1.85 bits per heavy atom. The predicted octanol–water partition coefficient (Wildman–Crippen LogP) is 4.50. The van der Waals surface area contributed by atoms with Gasteiger partial charge in [-0.1, -0.05) is 51.0 Å². The van der Waals surface area contributed by atoms with E-state index in [-0.39, 0.29) is 17.8 Å². The number of nitrogens with one attached hydrogen (secondary N) is 1. The predicted molar refractivity (Wildman–Crippen MR) is 111 cm³/mol. The maximum atomic E-state index is 13.6. The van der Waals surface area contributed by atoms with Crippen molar-refractivity contribution in [3.05, 3.63) is 35.4 Å². The first-order valence-electron chi connectivity index (χ1n) is 10.1. The standard InChI is InChI=1S/C22H34N2O.ClH/c1-17(2)19-8-10-20(11-9-19)22(12-4-5-13-22)21(25)24-14-6-7-18(16-24)15-23-3;/h8-11,17-18,23H,4-7,12-16H2,1-3H3;1H. The third-order valence-corrected chi connectivity index (χ3v) is 6.30. The number of carbonyl (C=O) groups excluding carboxylic acids is 1. The number of likely N-dealkylation sites (tertiary alicyclic amines) is 1. The van der Waals surface area contributed by atoms with E-state index < -0.39 is 0 Å². The molecule has 3 nitrogen and oxygen atoms in total. The third kappa shape index (κ3) is 4.26. The van der Waals surface area contributed by atoms with Crippen molar-refractivity contribution in [2.24, 2.45) is 5.92 Å². The van der Waals surface area contributed by atoms with Gasteiger partial charge in [-0.15, -0.1) is 12.4 Å². The topological polar surface area (TPSA) is 32.3 Å². The third-order valence-electron chi connectivity index (χ3n) is 6.30. The summed E-state index contributed by atoms with van der Waals surface area (Å²) in [6.45, 7) is 7.32. The summed E-state index contributed by atoms with van der Waals surface area (Å²) in [4.78, 5) is 15.8. The Morgan fingerprint density at radius 1 is 1.19 bits per heavy atom. The fourth-order valence-corrected chi connectivity index (χ4v) is 4.80. The summed E-state index contributed by atoms with van der Waals surface area (Å²) in [5.74, 6) is 1.53. The van der Waals surface area contributed by atoms with E-state index in [0.717, 1.165) is 38.9 Å². The number of hydrogen-bond acceptors (Lipinski definition) is 2. The monoisotopic (exact) mass is 378 g/mol. The Kier molecular flexibility index (Phi) is 7.54. The molecule has 1 saturated heterocycles. The summed E-state index contributed by atoms with van der Waals surface area (Å²) in [7, 11) is 2.01. The van der Waals surface area contributed by atoms with Gasteiger partial charge in [0, 0.05) is 13.1 Å². The molecule has 1 saturated carbocycles. The van der Waals surface area contributed by atoms with Gasteiger partial charge in [0.25, 0.3) is 0 Å². The van der Waals surface area contributed by atoms with Crippen LogP contribution in [0.2, 0.25) is 0 Å². The maximum Gasteiger partial charge on any atom is 0.233 e. The molecule has 1 atom stereocenters. The van der Waals surface area contributed by atoms with Gasteiger partial charge < -0.3 is 10.2 Å². The molecule has 4 heteroatoms. The summed E-state index contributed by atoms with van der Waals surface area (Å²) in [5, 5.41) is 3.29. The van der Waals surface area contributed by atoms with Crippen molar-refractivity contribution in [1.29, 1.82) is 0 Å². The van der Waals surface area contributed by atoms with Crippen molar-refractivity contribution < 1.29 is 4.79 Å². The van der Waals surface area contributed by atoms with Gasteiger partial charge in [-0.3, -0.25) is 4.79 Å². The zero-order valence-corrected chi connectivity index (χ0v) is 17.4. The molecule has 26 heavy (non-hydrogen) atoms. The molecule has 1 heterocycles. The molecule has 146 valence electrons. The molecule has 2 aliphatic rings. The van der Waals surface area contributed by atoms with E-state index >= 15 is 0 Å². The second-order valence-electron chi connectivity index (χ2n) is 8.38. The second kappa shape index (κ2) is 9.23. The zero-order chi connectivity index (χ0) is 17.9. The highest BCUT2D eigenvalue weighted by atomic mass is 35.5. The van der Waals surface area contributed by atoms with Gasteiger partial charge in [-0.25, -0.2) is 0 Å². The highest BCUT2D eigenvalue weighted by Gasteiger charge is 2.45. The largest absolute Gasteiger partial charge is 0.342 e. The Bertz CT molecular complexity index is 576. The van der Waals surface area contributed by atoms with Gasteiger partial charge in [0.1, 0.15) is 0 Å². The molecule has 2 fully saturated rings. The average molecular weight is 379 g/mol. The molecular weight excluding hydrogens is 344 g/mol. The highest BCUT2D eigenvalue weighted by Crippen LogP contribution is 2.43. The van der Waals surface area contributed by atoms with E-state index in [1.54, 1.807) is 0 Å². The van der Waals surface area contributed by atoms with Gasteiger partial charge in [0.15, 0.2) is 0 Å². The number of nitrogens with zero attached hydrogens (tertiary/aromatic N) is 1. The molecule has 1 N–H and O–H groups in total. The number of piperidine rings is 1. The summed E-state index contributed by atoms with van der Waals surface area (Å²) in [6, 6.07) is 8.92. The molecule has 0 bridgehead atoms. The van der Waals surface area contributed by atoms with Crippen LogP contribution < -0.4 is 5.32 Å². The zero-order valence-electron chi connectivity index (χ0n) is 16.6. The maximum absolute atomic E-state index is 13.6. The highest BCUT2D eigenvalue weighted by molar-refractivity contribution is 5.88. The van der Waals surface area contributed by atoms with Gasteiger partial charge in [0.05, 0.1) is 5.41 Å². The fraction of sp³-hybridized carbons (Fsp3) is 0.682. The van der Waals surface area contributed by atoms with Crippen LogP contribution in [0, 0.1) is 5.92 Å². The van der Waals surface area contributed by atoms with E-state index in [1.807, 2.05) is 7.05 Å². The quantitative estimate of drug-likeness (QED) is 0.817. The minimum Gasteiger partial charge on any atom is -0.342 e. The van der Waals surface area contributed by atoms with Crippen LogP contribution in [0.1, 0.15) is 69.4 Å². The van der Waals surface area contributed by atoms with Gasteiger partial charge >= 0.3 is 0 Å². The molecule has 3 rings (SSSR count). The number of amides is 1.